The minimum atomic E-state index is -2.15. The summed E-state index contributed by atoms with van der Waals surface area (Å²) in [4.78, 5) is 40.9. The number of rotatable bonds is 7. The summed E-state index contributed by atoms with van der Waals surface area (Å²) in [7, 11) is -0.516. The molecule has 0 N–H and O–H groups in total. The summed E-state index contributed by atoms with van der Waals surface area (Å²) in [6.45, 7) is 20.7. The Balaban J connectivity index is 3.67. The quantitative estimate of drug-likeness (QED) is 0.217. The summed E-state index contributed by atoms with van der Waals surface area (Å²) >= 11 is 0. The van der Waals surface area contributed by atoms with Crippen molar-refractivity contribution in [3.63, 3.8) is 0 Å². The minimum absolute atomic E-state index is 0.0496. The van der Waals surface area contributed by atoms with E-state index >= 15 is 0 Å². The summed E-state index contributed by atoms with van der Waals surface area (Å²) in [5.41, 5.74) is -0.894. The standard InChI is InChI=1S/C27H39NO5Si/c1-19(34(9,10)11)23(25(31)33-27(5,6)7)21(24(30)32-26(2,3)4)17-18-22(29)28(8)20-15-13-12-14-16-20/h12-18H,1H2,2-11H3/b18-17+,23-21+. The van der Waals surface area contributed by atoms with Gasteiger partial charge in [-0.25, -0.2) is 9.59 Å². The van der Waals surface area contributed by atoms with Gasteiger partial charge in [0.15, 0.2) is 0 Å². The van der Waals surface area contributed by atoms with Gasteiger partial charge in [0.05, 0.1) is 19.2 Å². The van der Waals surface area contributed by atoms with E-state index in [0.29, 0.717) is 10.9 Å². The van der Waals surface area contributed by atoms with E-state index in [0.717, 1.165) is 0 Å². The highest BCUT2D eigenvalue weighted by Gasteiger charge is 2.34. The summed E-state index contributed by atoms with van der Waals surface area (Å²) in [6, 6.07) is 9.11. The van der Waals surface area contributed by atoms with Gasteiger partial charge < -0.3 is 14.4 Å². The molecule has 34 heavy (non-hydrogen) atoms. The van der Waals surface area contributed by atoms with E-state index in [2.05, 4.69) is 6.58 Å². The topological polar surface area (TPSA) is 72.9 Å². The molecule has 0 bridgehead atoms. The van der Waals surface area contributed by atoms with Crippen LogP contribution in [-0.4, -0.2) is 44.2 Å². The van der Waals surface area contributed by atoms with Crippen LogP contribution in [0.2, 0.25) is 19.6 Å². The fourth-order valence-electron chi connectivity index (χ4n) is 2.73. The number of carbonyl (C=O) groups excluding carboxylic acids is 3. The lowest BCUT2D eigenvalue weighted by Crippen LogP contribution is -2.34. The zero-order chi connectivity index (χ0) is 26.5. The third-order valence-electron chi connectivity index (χ3n) is 4.56. The molecule has 0 aliphatic carbocycles. The lowest BCUT2D eigenvalue weighted by molar-refractivity contribution is -0.153. The number of esters is 2. The van der Waals surface area contributed by atoms with Gasteiger partial charge in [0, 0.05) is 18.8 Å². The number of anilines is 1. The molecule has 0 fully saturated rings. The van der Waals surface area contributed by atoms with Crippen LogP contribution >= 0.6 is 0 Å². The molecule has 186 valence electrons. The first-order chi connectivity index (χ1) is 15.3. The first-order valence-corrected chi connectivity index (χ1v) is 14.7. The van der Waals surface area contributed by atoms with E-state index in [1.165, 1.54) is 17.1 Å². The minimum Gasteiger partial charge on any atom is -0.456 e. The van der Waals surface area contributed by atoms with Crippen molar-refractivity contribution < 1.29 is 23.9 Å². The molecule has 0 radical (unpaired) electrons. The Kier molecular flexibility index (Phi) is 9.41. The third-order valence-corrected chi connectivity index (χ3v) is 6.63. The summed E-state index contributed by atoms with van der Waals surface area (Å²) < 4.78 is 11.2. The summed E-state index contributed by atoms with van der Waals surface area (Å²) in [5.74, 6) is -1.76. The monoisotopic (exact) mass is 485 g/mol. The lowest BCUT2D eigenvalue weighted by atomic mass is 10.1. The molecule has 0 saturated heterocycles. The molecule has 0 spiro atoms. The normalized spacial score (nSPS) is 13.2. The van der Waals surface area contributed by atoms with Crippen molar-refractivity contribution in [2.24, 2.45) is 0 Å². The highest BCUT2D eigenvalue weighted by Crippen LogP contribution is 2.29. The molecule has 0 unspecified atom stereocenters. The molecular weight excluding hydrogens is 446 g/mol. The number of ether oxygens (including phenoxy) is 2. The van der Waals surface area contributed by atoms with Crippen LogP contribution in [0, 0.1) is 0 Å². The van der Waals surface area contributed by atoms with Gasteiger partial charge in [-0.05, 0) is 59.8 Å². The number of hydrogen-bond donors (Lipinski definition) is 0. The molecule has 7 heteroatoms. The van der Waals surface area contributed by atoms with E-state index in [1.807, 2.05) is 37.8 Å². The van der Waals surface area contributed by atoms with E-state index in [1.54, 1.807) is 60.7 Å². The van der Waals surface area contributed by atoms with Crippen molar-refractivity contribution in [3.8, 4) is 0 Å². The fourth-order valence-corrected chi connectivity index (χ4v) is 3.72. The first-order valence-electron chi connectivity index (χ1n) is 11.2. The molecule has 1 rings (SSSR count). The fraction of sp³-hybridized carbons (Fsp3) is 0.444. The Morgan fingerprint density at radius 2 is 1.32 bits per heavy atom. The molecule has 6 nitrogen and oxygen atoms in total. The number of nitrogens with zero attached hydrogens (tertiary/aromatic N) is 1. The highest BCUT2D eigenvalue weighted by molar-refractivity contribution is 6.84. The van der Waals surface area contributed by atoms with Gasteiger partial charge in [-0.2, -0.15) is 0 Å². The van der Waals surface area contributed by atoms with Gasteiger partial charge in [-0.1, -0.05) is 49.6 Å². The van der Waals surface area contributed by atoms with Gasteiger partial charge in [-0.15, -0.1) is 0 Å². The van der Waals surface area contributed by atoms with Crippen LogP contribution in [0.5, 0.6) is 0 Å². The van der Waals surface area contributed by atoms with Crippen LogP contribution in [0.1, 0.15) is 41.5 Å². The number of carbonyl (C=O) groups is 3. The Bertz CT molecular complexity index is 987. The zero-order valence-corrected chi connectivity index (χ0v) is 23.2. The van der Waals surface area contributed by atoms with Crippen LogP contribution in [0.4, 0.5) is 5.69 Å². The number of para-hydroxylation sites is 1. The van der Waals surface area contributed by atoms with Gasteiger partial charge in [-0.3, -0.25) is 4.79 Å². The van der Waals surface area contributed by atoms with E-state index in [9.17, 15) is 14.4 Å². The van der Waals surface area contributed by atoms with Crippen LogP contribution in [0.3, 0.4) is 0 Å². The second kappa shape index (κ2) is 11.0. The maximum atomic E-state index is 13.3. The number of amides is 1. The molecule has 1 amide bonds. The average molecular weight is 486 g/mol. The van der Waals surface area contributed by atoms with Crippen LogP contribution in [0.15, 0.2) is 65.4 Å². The van der Waals surface area contributed by atoms with E-state index in [-0.39, 0.29) is 17.1 Å². The smallest absolute Gasteiger partial charge is 0.339 e. The van der Waals surface area contributed by atoms with Crippen molar-refractivity contribution in [1.29, 1.82) is 0 Å². The Morgan fingerprint density at radius 3 is 1.76 bits per heavy atom. The maximum absolute atomic E-state index is 13.3. The molecule has 0 heterocycles. The van der Waals surface area contributed by atoms with Gasteiger partial charge in [0.25, 0.3) is 5.91 Å². The number of hydrogen-bond acceptors (Lipinski definition) is 5. The second-order valence-electron chi connectivity index (χ2n) is 11.1. The summed E-state index contributed by atoms with van der Waals surface area (Å²) in [6.07, 6.45) is 2.59. The molecule has 0 aliphatic rings. The maximum Gasteiger partial charge on any atom is 0.339 e. The SMILES string of the molecule is C=C(/C(C(=O)OC(C)(C)C)=C(/C=C/C(=O)N(C)c1ccccc1)C(=O)OC(C)(C)C)[Si](C)(C)C. The van der Waals surface area contributed by atoms with Crippen molar-refractivity contribution >= 4 is 31.6 Å². The molecule has 0 aromatic heterocycles. The lowest BCUT2D eigenvalue weighted by Gasteiger charge is -2.27. The second-order valence-corrected chi connectivity index (χ2v) is 16.2. The predicted octanol–water partition coefficient (Wildman–Crippen LogP) is 5.62. The number of benzene rings is 1. The molecule has 0 atom stereocenters. The van der Waals surface area contributed by atoms with Gasteiger partial charge in [0.2, 0.25) is 0 Å². The highest BCUT2D eigenvalue weighted by atomic mass is 28.3. The molecule has 1 aromatic carbocycles. The molecular formula is C27H39NO5Si. The van der Waals surface area contributed by atoms with Crippen molar-refractivity contribution in [2.45, 2.75) is 72.4 Å². The Labute approximate surface area is 205 Å². The van der Waals surface area contributed by atoms with Crippen LogP contribution < -0.4 is 4.90 Å². The average Bonchev–Trinajstić information content (AvgIpc) is 2.66. The molecule has 0 aliphatic heterocycles. The zero-order valence-electron chi connectivity index (χ0n) is 22.2. The van der Waals surface area contributed by atoms with E-state index in [4.69, 9.17) is 9.47 Å². The van der Waals surface area contributed by atoms with Gasteiger partial charge >= 0.3 is 11.9 Å². The van der Waals surface area contributed by atoms with Crippen molar-refractivity contribution in [1.82, 2.24) is 0 Å². The first kappa shape index (κ1) is 29.1. The third kappa shape index (κ3) is 9.13. The molecule has 1 aromatic rings. The number of likely N-dealkylation sites (N-methyl/N-ethyl adjacent to an activating group) is 1. The van der Waals surface area contributed by atoms with E-state index < -0.39 is 31.2 Å². The molecule has 0 saturated carbocycles. The van der Waals surface area contributed by atoms with Crippen LogP contribution in [-0.2, 0) is 23.9 Å². The summed E-state index contributed by atoms with van der Waals surface area (Å²) in [5, 5.41) is 0.538. The van der Waals surface area contributed by atoms with Crippen LogP contribution in [0.25, 0.3) is 0 Å². The Hall–Kier alpha value is -2.93. The van der Waals surface area contributed by atoms with Gasteiger partial charge in [0.1, 0.15) is 11.2 Å². The predicted molar refractivity (Wildman–Crippen MR) is 140 cm³/mol. The van der Waals surface area contributed by atoms with Crippen molar-refractivity contribution in [2.75, 3.05) is 11.9 Å². The largest absolute Gasteiger partial charge is 0.456 e. The Morgan fingerprint density at radius 1 is 0.853 bits per heavy atom. The van der Waals surface area contributed by atoms with Crippen molar-refractivity contribution in [3.05, 3.63) is 65.4 Å².